The molecule has 21 heavy (non-hydrogen) atoms. The van der Waals surface area contributed by atoms with Crippen molar-refractivity contribution in [2.75, 3.05) is 14.2 Å². The van der Waals surface area contributed by atoms with E-state index >= 15 is 0 Å². The molecule has 0 aliphatic rings. The van der Waals surface area contributed by atoms with Crippen LogP contribution in [-0.2, 0) is 11.8 Å². The fourth-order valence-corrected chi connectivity index (χ4v) is 2.46. The monoisotopic (exact) mass is 399 g/mol. The molecular weight excluding hydrogens is 381 g/mol. The molecule has 1 unspecified atom stereocenters. The molecule has 2 aromatic rings. The van der Waals surface area contributed by atoms with Crippen molar-refractivity contribution in [3.8, 4) is 11.3 Å². The molecule has 0 radical (unpaired) electrons. The Hall–Kier alpha value is -1.57. The van der Waals surface area contributed by atoms with Gasteiger partial charge >= 0.3 is 6.09 Å². The van der Waals surface area contributed by atoms with Gasteiger partial charge in [-0.3, -0.25) is 0 Å². The molecule has 1 aromatic heterocycles. The first-order chi connectivity index (χ1) is 9.93. The standard InChI is InChI=1S/C15H18IN3O2/c1-10(19(3)15(20)21-4)14-17-13(9-18(14)2)11-5-7-12(16)8-6-11/h5-10H,1-4H3. The summed E-state index contributed by atoms with van der Waals surface area (Å²) in [5, 5.41) is 0. The lowest BCUT2D eigenvalue weighted by Gasteiger charge is -2.22. The van der Waals surface area contributed by atoms with E-state index in [0.717, 1.165) is 17.1 Å². The Labute approximate surface area is 138 Å². The first kappa shape index (κ1) is 15.8. The minimum absolute atomic E-state index is 0.167. The van der Waals surface area contributed by atoms with E-state index in [4.69, 9.17) is 4.74 Å². The molecule has 0 bridgehead atoms. The number of imidazole rings is 1. The summed E-state index contributed by atoms with van der Waals surface area (Å²) in [6.07, 6.45) is 1.60. The molecule has 0 saturated heterocycles. The normalized spacial score (nSPS) is 12.0. The fraction of sp³-hybridized carbons (Fsp3) is 0.333. The van der Waals surface area contributed by atoms with Gasteiger partial charge in [-0.1, -0.05) is 12.1 Å². The van der Waals surface area contributed by atoms with Crippen molar-refractivity contribution in [1.29, 1.82) is 0 Å². The summed E-state index contributed by atoms with van der Waals surface area (Å²) in [6.45, 7) is 1.93. The van der Waals surface area contributed by atoms with Crippen LogP contribution in [0, 0.1) is 3.57 Å². The minimum Gasteiger partial charge on any atom is -0.453 e. The van der Waals surface area contributed by atoms with E-state index < -0.39 is 0 Å². The molecule has 0 aliphatic carbocycles. The molecule has 0 aliphatic heterocycles. The highest BCUT2D eigenvalue weighted by atomic mass is 127. The molecule has 0 spiro atoms. The molecule has 2 rings (SSSR count). The predicted octanol–water partition coefficient (Wildman–Crippen LogP) is 3.45. The van der Waals surface area contributed by atoms with Crippen LogP contribution in [0.4, 0.5) is 4.79 Å². The van der Waals surface area contributed by atoms with Crippen molar-refractivity contribution in [2.24, 2.45) is 7.05 Å². The molecule has 0 fully saturated rings. The van der Waals surface area contributed by atoms with Crippen LogP contribution in [-0.4, -0.2) is 34.7 Å². The lowest BCUT2D eigenvalue weighted by molar-refractivity contribution is 0.118. The number of carbonyl (C=O) groups excluding carboxylic acids is 1. The molecule has 6 heteroatoms. The van der Waals surface area contributed by atoms with Gasteiger partial charge < -0.3 is 14.2 Å². The van der Waals surface area contributed by atoms with Gasteiger partial charge in [0, 0.05) is 29.4 Å². The van der Waals surface area contributed by atoms with Gasteiger partial charge in [-0.15, -0.1) is 0 Å². The minimum atomic E-state index is -0.374. The van der Waals surface area contributed by atoms with Crippen LogP contribution >= 0.6 is 22.6 Å². The lowest BCUT2D eigenvalue weighted by Crippen LogP contribution is -2.30. The third-order valence-electron chi connectivity index (χ3n) is 3.47. The number of rotatable bonds is 3. The second-order valence-corrected chi connectivity index (χ2v) is 6.10. The predicted molar refractivity (Wildman–Crippen MR) is 89.9 cm³/mol. The summed E-state index contributed by atoms with van der Waals surface area (Å²) in [4.78, 5) is 17.8. The Morgan fingerprint density at radius 2 is 2.00 bits per heavy atom. The number of aromatic nitrogens is 2. The van der Waals surface area contributed by atoms with Gasteiger partial charge in [0.1, 0.15) is 5.82 Å². The van der Waals surface area contributed by atoms with E-state index in [2.05, 4.69) is 27.6 Å². The summed E-state index contributed by atoms with van der Waals surface area (Å²) in [5.41, 5.74) is 1.96. The van der Waals surface area contributed by atoms with E-state index in [1.54, 1.807) is 7.05 Å². The molecule has 1 atom stereocenters. The van der Waals surface area contributed by atoms with Crippen molar-refractivity contribution in [1.82, 2.24) is 14.5 Å². The average Bonchev–Trinajstić information content (AvgIpc) is 2.87. The van der Waals surface area contributed by atoms with Crippen LogP contribution in [0.5, 0.6) is 0 Å². The summed E-state index contributed by atoms with van der Waals surface area (Å²) < 4.78 is 7.88. The average molecular weight is 399 g/mol. The topological polar surface area (TPSA) is 47.4 Å². The number of nitrogens with zero attached hydrogens (tertiary/aromatic N) is 3. The third kappa shape index (κ3) is 3.37. The number of benzene rings is 1. The maximum absolute atomic E-state index is 11.6. The van der Waals surface area contributed by atoms with Gasteiger partial charge in [-0.05, 0) is 41.6 Å². The second kappa shape index (κ2) is 6.46. The number of hydrogen-bond donors (Lipinski definition) is 0. The highest BCUT2D eigenvalue weighted by Gasteiger charge is 2.22. The Morgan fingerprint density at radius 1 is 1.38 bits per heavy atom. The zero-order chi connectivity index (χ0) is 15.6. The van der Waals surface area contributed by atoms with Crippen molar-refractivity contribution in [2.45, 2.75) is 13.0 Å². The number of ether oxygens (including phenoxy) is 1. The third-order valence-corrected chi connectivity index (χ3v) is 4.19. The van der Waals surface area contributed by atoms with Crippen LogP contribution in [0.3, 0.4) is 0 Å². The Bertz CT molecular complexity index is 637. The van der Waals surface area contributed by atoms with E-state index in [9.17, 15) is 4.79 Å². The molecule has 5 nitrogen and oxygen atoms in total. The SMILES string of the molecule is COC(=O)N(C)C(C)c1nc(-c2ccc(I)cc2)cn1C. The Kier molecular flexibility index (Phi) is 4.87. The van der Waals surface area contributed by atoms with Gasteiger partial charge in [0.15, 0.2) is 0 Å². The summed E-state index contributed by atoms with van der Waals surface area (Å²) in [7, 11) is 5.01. The van der Waals surface area contributed by atoms with E-state index in [0.29, 0.717) is 0 Å². The Morgan fingerprint density at radius 3 is 2.57 bits per heavy atom. The molecule has 0 saturated carbocycles. The van der Waals surface area contributed by atoms with Crippen molar-refractivity contribution in [3.05, 3.63) is 39.9 Å². The van der Waals surface area contributed by atoms with Crippen LogP contribution < -0.4 is 0 Å². The molecule has 1 heterocycles. The maximum atomic E-state index is 11.6. The van der Waals surface area contributed by atoms with E-state index in [1.165, 1.54) is 15.6 Å². The fourth-order valence-electron chi connectivity index (χ4n) is 2.10. The molecule has 0 N–H and O–H groups in total. The number of amides is 1. The van der Waals surface area contributed by atoms with Gasteiger partial charge in [0.25, 0.3) is 0 Å². The Balaban J connectivity index is 2.31. The summed E-state index contributed by atoms with van der Waals surface area (Å²) in [6, 6.07) is 8.02. The first-order valence-electron chi connectivity index (χ1n) is 6.54. The van der Waals surface area contributed by atoms with Crippen molar-refractivity contribution >= 4 is 28.7 Å². The zero-order valence-electron chi connectivity index (χ0n) is 12.5. The first-order valence-corrected chi connectivity index (χ1v) is 7.62. The van der Waals surface area contributed by atoms with Crippen LogP contribution in [0.1, 0.15) is 18.8 Å². The van der Waals surface area contributed by atoms with E-state index in [-0.39, 0.29) is 12.1 Å². The van der Waals surface area contributed by atoms with Crippen molar-refractivity contribution < 1.29 is 9.53 Å². The lowest BCUT2D eigenvalue weighted by atomic mass is 10.2. The number of halogens is 1. The highest BCUT2D eigenvalue weighted by molar-refractivity contribution is 14.1. The van der Waals surface area contributed by atoms with E-state index in [1.807, 2.05) is 49.0 Å². The summed E-state index contributed by atoms with van der Waals surface area (Å²) >= 11 is 2.27. The smallest absolute Gasteiger partial charge is 0.409 e. The number of aryl methyl sites for hydroxylation is 1. The highest BCUT2D eigenvalue weighted by Crippen LogP contribution is 2.24. The maximum Gasteiger partial charge on any atom is 0.409 e. The number of carbonyl (C=O) groups is 1. The largest absolute Gasteiger partial charge is 0.453 e. The molecular formula is C15H18IN3O2. The van der Waals surface area contributed by atoms with Gasteiger partial charge in [-0.25, -0.2) is 9.78 Å². The van der Waals surface area contributed by atoms with Gasteiger partial charge in [0.05, 0.1) is 18.8 Å². The van der Waals surface area contributed by atoms with Gasteiger partial charge in [0.2, 0.25) is 0 Å². The number of hydrogen-bond acceptors (Lipinski definition) is 3. The molecule has 1 aromatic carbocycles. The van der Waals surface area contributed by atoms with Crippen molar-refractivity contribution in [3.63, 3.8) is 0 Å². The summed E-state index contributed by atoms with van der Waals surface area (Å²) in [5.74, 6) is 0.816. The van der Waals surface area contributed by atoms with Crippen LogP contribution in [0.2, 0.25) is 0 Å². The van der Waals surface area contributed by atoms with Crippen LogP contribution in [0.15, 0.2) is 30.5 Å². The zero-order valence-corrected chi connectivity index (χ0v) is 14.7. The molecule has 1 amide bonds. The molecule has 112 valence electrons. The van der Waals surface area contributed by atoms with Gasteiger partial charge in [-0.2, -0.15) is 0 Å². The second-order valence-electron chi connectivity index (χ2n) is 4.86. The number of methoxy groups -OCH3 is 1. The quantitative estimate of drug-likeness (QED) is 0.743. The van der Waals surface area contributed by atoms with Crippen LogP contribution in [0.25, 0.3) is 11.3 Å².